The standard InChI is InChI=1S/C14H18O9S/c1-3-8(15)21-6-9(16)19-4-5-20-11-10-7(2)14-13(22-10)12(11)23-24(14,17)18/h3,7,10-14H,1,4-6H2,2H3. The predicted octanol–water partition coefficient (Wildman–Crippen LogP) is -0.842. The molecule has 3 aliphatic heterocycles. The summed E-state index contributed by atoms with van der Waals surface area (Å²) in [5.74, 6) is -1.65. The molecular formula is C14H18O9S. The lowest BCUT2D eigenvalue weighted by molar-refractivity contribution is -0.158. The molecule has 0 N–H and O–H groups in total. The summed E-state index contributed by atoms with van der Waals surface area (Å²) in [5.41, 5.74) is 0. The van der Waals surface area contributed by atoms with Crippen LogP contribution in [0.25, 0.3) is 0 Å². The Hall–Kier alpha value is -1.49. The molecule has 3 rings (SSSR count). The number of hydrogen-bond acceptors (Lipinski definition) is 9. The monoisotopic (exact) mass is 362 g/mol. The van der Waals surface area contributed by atoms with Crippen LogP contribution in [0.1, 0.15) is 6.92 Å². The molecule has 134 valence electrons. The van der Waals surface area contributed by atoms with Gasteiger partial charge in [-0.3, -0.25) is 4.18 Å². The highest BCUT2D eigenvalue weighted by atomic mass is 32.2. The molecule has 0 aliphatic carbocycles. The maximum Gasteiger partial charge on any atom is 0.344 e. The van der Waals surface area contributed by atoms with Gasteiger partial charge in [-0.1, -0.05) is 13.5 Å². The van der Waals surface area contributed by atoms with Crippen LogP contribution < -0.4 is 0 Å². The van der Waals surface area contributed by atoms with Gasteiger partial charge in [-0.25, -0.2) is 9.59 Å². The molecule has 0 amide bonds. The number of hydrogen-bond donors (Lipinski definition) is 0. The van der Waals surface area contributed by atoms with E-state index < -0.39 is 52.2 Å². The summed E-state index contributed by atoms with van der Waals surface area (Å²) in [6.45, 7) is 4.47. The van der Waals surface area contributed by atoms with Gasteiger partial charge in [0.25, 0.3) is 10.1 Å². The maximum absolute atomic E-state index is 11.9. The van der Waals surface area contributed by atoms with Gasteiger partial charge in [0, 0.05) is 12.0 Å². The van der Waals surface area contributed by atoms with Crippen molar-refractivity contribution in [2.45, 2.75) is 36.6 Å². The van der Waals surface area contributed by atoms with E-state index in [1.165, 1.54) is 0 Å². The maximum atomic E-state index is 11.9. The minimum atomic E-state index is -3.62. The molecule has 24 heavy (non-hydrogen) atoms. The van der Waals surface area contributed by atoms with Gasteiger partial charge in [0.1, 0.15) is 30.2 Å². The number of carbonyl (C=O) groups is 2. The quantitative estimate of drug-likeness (QED) is 0.247. The molecule has 3 aliphatic rings. The number of carbonyl (C=O) groups excluding carboxylic acids is 2. The topological polar surface area (TPSA) is 114 Å². The van der Waals surface area contributed by atoms with Crippen molar-refractivity contribution < 1.29 is 41.1 Å². The second kappa shape index (κ2) is 6.43. The molecular weight excluding hydrogens is 344 g/mol. The van der Waals surface area contributed by atoms with Gasteiger partial charge >= 0.3 is 11.9 Å². The van der Waals surface area contributed by atoms with E-state index in [2.05, 4.69) is 11.3 Å². The first-order valence-corrected chi connectivity index (χ1v) is 8.96. The Morgan fingerprint density at radius 3 is 2.62 bits per heavy atom. The Morgan fingerprint density at radius 1 is 1.17 bits per heavy atom. The average Bonchev–Trinajstić information content (AvgIpc) is 3.10. The first-order valence-electron chi connectivity index (χ1n) is 7.49. The zero-order valence-electron chi connectivity index (χ0n) is 13.0. The highest BCUT2D eigenvalue weighted by Crippen LogP contribution is 2.50. The molecule has 0 aromatic heterocycles. The van der Waals surface area contributed by atoms with Crippen LogP contribution in [0.15, 0.2) is 12.7 Å². The van der Waals surface area contributed by atoms with Crippen molar-refractivity contribution in [3.8, 4) is 0 Å². The zero-order valence-corrected chi connectivity index (χ0v) is 13.8. The lowest BCUT2D eigenvalue weighted by Crippen LogP contribution is -2.45. The molecule has 3 fully saturated rings. The van der Waals surface area contributed by atoms with Crippen molar-refractivity contribution in [2.24, 2.45) is 5.92 Å². The van der Waals surface area contributed by atoms with E-state index in [0.717, 1.165) is 6.08 Å². The minimum Gasteiger partial charge on any atom is -0.461 e. The van der Waals surface area contributed by atoms with Gasteiger partial charge in [0.15, 0.2) is 6.61 Å². The van der Waals surface area contributed by atoms with Crippen molar-refractivity contribution in [3.05, 3.63) is 12.7 Å². The Bertz CT molecular complexity index is 643. The summed E-state index contributed by atoms with van der Waals surface area (Å²) < 4.78 is 49.6. The zero-order chi connectivity index (χ0) is 17.5. The van der Waals surface area contributed by atoms with Gasteiger partial charge in [-0.2, -0.15) is 8.42 Å². The summed E-state index contributed by atoms with van der Waals surface area (Å²) in [4.78, 5) is 22.1. The van der Waals surface area contributed by atoms with Crippen LogP contribution in [0.3, 0.4) is 0 Å². The number of fused-ring (bicyclic) bond motifs is 1. The van der Waals surface area contributed by atoms with Crippen LogP contribution >= 0.6 is 0 Å². The van der Waals surface area contributed by atoms with Crippen LogP contribution in [0.5, 0.6) is 0 Å². The predicted molar refractivity (Wildman–Crippen MR) is 77.3 cm³/mol. The number of rotatable bonds is 7. The molecule has 6 atom stereocenters. The third kappa shape index (κ3) is 2.94. The third-order valence-electron chi connectivity index (χ3n) is 4.38. The lowest BCUT2D eigenvalue weighted by atomic mass is 9.86. The van der Waals surface area contributed by atoms with E-state index in [1.807, 2.05) is 0 Å². The molecule has 0 aromatic rings. The smallest absolute Gasteiger partial charge is 0.344 e. The third-order valence-corrected chi connectivity index (χ3v) is 6.23. The molecule has 10 heteroatoms. The Kier molecular flexibility index (Phi) is 4.65. The fourth-order valence-corrected chi connectivity index (χ4v) is 5.28. The average molecular weight is 362 g/mol. The molecule has 3 heterocycles. The Labute approximate surface area is 139 Å². The van der Waals surface area contributed by atoms with Crippen LogP contribution in [-0.2, 0) is 42.8 Å². The van der Waals surface area contributed by atoms with Gasteiger partial charge in [0.05, 0.1) is 12.7 Å². The van der Waals surface area contributed by atoms with Crippen LogP contribution in [-0.4, -0.2) is 69.8 Å². The van der Waals surface area contributed by atoms with Crippen molar-refractivity contribution in [1.29, 1.82) is 0 Å². The fourth-order valence-electron chi connectivity index (χ4n) is 3.40. The van der Waals surface area contributed by atoms with E-state index in [0.29, 0.717) is 0 Å². The van der Waals surface area contributed by atoms with E-state index in [-0.39, 0.29) is 25.2 Å². The summed E-state index contributed by atoms with van der Waals surface area (Å²) in [7, 11) is -3.62. The lowest BCUT2D eigenvalue weighted by Gasteiger charge is -2.26. The molecule has 9 nitrogen and oxygen atoms in total. The van der Waals surface area contributed by atoms with Crippen molar-refractivity contribution in [2.75, 3.05) is 19.8 Å². The molecule has 0 aromatic carbocycles. The molecule has 0 spiro atoms. The van der Waals surface area contributed by atoms with Crippen molar-refractivity contribution >= 4 is 22.1 Å². The van der Waals surface area contributed by atoms with Gasteiger partial charge in [-0.15, -0.1) is 0 Å². The minimum absolute atomic E-state index is 0.0513. The summed E-state index contributed by atoms with van der Waals surface area (Å²) in [6.07, 6.45) is -1.08. The Balaban J connectivity index is 1.43. The first-order chi connectivity index (χ1) is 11.3. The highest BCUT2D eigenvalue weighted by molar-refractivity contribution is 7.87. The summed E-state index contributed by atoms with van der Waals surface area (Å²) in [6, 6.07) is 0. The largest absolute Gasteiger partial charge is 0.461 e. The Morgan fingerprint density at radius 2 is 1.92 bits per heavy atom. The van der Waals surface area contributed by atoms with Gasteiger partial charge in [0.2, 0.25) is 0 Å². The van der Waals surface area contributed by atoms with Crippen molar-refractivity contribution in [1.82, 2.24) is 0 Å². The first kappa shape index (κ1) is 17.3. The van der Waals surface area contributed by atoms with E-state index in [4.69, 9.17) is 18.4 Å². The van der Waals surface area contributed by atoms with E-state index in [1.54, 1.807) is 6.92 Å². The van der Waals surface area contributed by atoms with Gasteiger partial charge in [-0.05, 0) is 0 Å². The number of ether oxygens (including phenoxy) is 4. The molecule has 2 bridgehead atoms. The van der Waals surface area contributed by atoms with Crippen LogP contribution in [0.4, 0.5) is 0 Å². The summed E-state index contributed by atoms with van der Waals surface area (Å²) in [5, 5.41) is -0.635. The van der Waals surface area contributed by atoms with Gasteiger partial charge < -0.3 is 18.9 Å². The second-order valence-electron chi connectivity index (χ2n) is 5.81. The highest BCUT2D eigenvalue weighted by Gasteiger charge is 2.69. The second-order valence-corrected chi connectivity index (χ2v) is 7.53. The molecule has 3 saturated heterocycles. The SMILES string of the molecule is C=CC(=O)OCC(=O)OCCOC1C2OC3C1OS(=O)(=O)C3C2C. The van der Waals surface area contributed by atoms with Crippen molar-refractivity contribution in [3.63, 3.8) is 0 Å². The van der Waals surface area contributed by atoms with Crippen LogP contribution in [0, 0.1) is 5.92 Å². The number of esters is 2. The molecule has 0 saturated carbocycles. The summed E-state index contributed by atoms with van der Waals surface area (Å²) >= 11 is 0. The van der Waals surface area contributed by atoms with E-state index in [9.17, 15) is 18.0 Å². The van der Waals surface area contributed by atoms with E-state index >= 15 is 0 Å². The normalized spacial score (nSPS) is 38.0. The molecule has 0 radical (unpaired) electrons. The molecule has 6 unspecified atom stereocenters. The van der Waals surface area contributed by atoms with Crippen LogP contribution in [0.2, 0.25) is 0 Å². The fraction of sp³-hybridized carbons (Fsp3) is 0.714.